The number of nitrogens with zero attached hydrogens (tertiary/aromatic N) is 1. The van der Waals surface area contributed by atoms with Crippen molar-refractivity contribution < 1.29 is 4.74 Å². The fraction of sp³-hybridized carbons (Fsp3) is 0.538. The first-order valence-electron chi connectivity index (χ1n) is 5.59. The van der Waals surface area contributed by atoms with Crippen molar-refractivity contribution in [1.82, 2.24) is 4.90 Å². The van der Waals surface area contributed by atoms with Crippen molar-refractivity contribution in [3.8, 4) is 0 Å². The summed E-state index contributed by atoms with van der Waals surface area (Å²) in [5.74, 6) is 0. The maximum absolute atomic E-state index is 5.40. The molecule has 1 aromatic rings. The highest BCUT2D eigenvalue weighted by Crippen LogP contribution is 2.21. The molecule has 0 amide bonds. The maximum Gasteiger partial charge on any atom is 0.0725 e. The van der Waals surface area contributed by atoms with Crippen molar-refractivity contribution >= 4 is 0 Å². The Bertz CT molecular complexity index is 333. The molecule has 1 heterocycles. The molecule has 0 saturated heterocycles. The smallest absolute Gasteiger partial charge is 0.0725 e. The number of hydrogen-bond donors (Lipinski definition) is 0. The zero-order valence-electron chi connectivity index (χ0n) is 9.62. The molecule has 15 heavy (non-hydrogen) atoms. The summed E-state index contributed by atoms with van der Waals surface area (Å²) in [6.07, 6.45) is 2.40. The van der Waals surface area contributed by atoms with Gasteiger partial charge in [-0.1, -0.05) is 18.2 Å². The zero-order chi connectivity index (χ0) is 10.7. The van der Waals surface area contributed by atoms with Gasteiger partial charge in [0.05, 0.1) is 13.2 Å². The standard InChI is InChI=1S/C13H19NO/c1-14(2)7-3-4-11-5-6-12-9-15-10-13(12)8-11/h5-6,8H,3-4,7,9-10H2,1-2H3. The molecule has 0 atom stereocenters. The third kappa shape index (κ3) is 2.80. The third-order valence-electron chi connectivity index (χ3n) is 2.86. The molecule has 0 N–H and O–H groups in total. The Hall–Kier alpha value is -0.860. The number of rotatable bonds is 4. The molecule has 2 rings (SSSR count). The van der Waals surface area contributed by atoms with Gasteiger partial charge >= 0.3 is 0 Å². The van der Waals surface area contributed by atoms with E-state index in [1.807, 2.05) is 0 Å². The van der Waals surface area contributed by atoms with Crippen LogP contribution in [0.2, 0.25) is 0 Å². The predicted molar refractivity (Wildman–Crippen MR) is 61.8 cm³/mol. The summed E-state index contributed by atoms with van der Waals surface area (Å²) in [5, 5.41) is 0. The maximum atomic E-state index is 5.40. The zero-order valence-corrected chi connectivity index (χ0v) is 9.62. The van der Waals surface area contributed by atoms with Gasteiger partial charge in [0.25, 0.3) is 0 Å². The van der Waals surface area contributed by atoms with Crippen LogP contribution in [-0.2, 0) is 24.4 Å². The number of ether oxygens (including phenoxy) is 1. The molecule has 0 aliphatic carbocycles. The molecule has 0 aromatic heterocycles. The molecule has 0 fully saturated rings. The van der Waals surface area contributed by atoms with Crippen molar-refractivity contribution in [3.05, 3.63) is 34.9 Å². The molecule has 1 aromatic carbocycles. The van der Waals surface area contributed by atoms with Gasteiger partial charge in [-0.3, -0.25) is 0 Å². The molecule has 1 aliphatic heterocycles. The fourth-order valence-corrected chi connectivity index (χ4v) is 1.98. The van der Waals surface area contributed by atoms with Crippen molar-refractivity contribution in [3.63, 3.8) is 0 Å². The number of benzene rings is 1. The molecule has 0 saturated carbocycles. The fourth-order valence-electron chi connectivity index (χ4n) is 1.98. The van der Waals surface area contributed by atoms with Crippen molar-refractivity contribution in [2.24, 2.45) is 0 Å². The van der Waals surface area contributed by atoms with E-state index >= 15 is 0 Å². The van der Waals surface area contributed by atoms with E-state index in [0.29, 0.717) is 0 Å². The topological polar surface area (TPSA) is 12.5 Å². The Balaban J connectivity index is 1.92. The second kappa shape index (κ2) is 4.77. The van der Waals surface area contributed by atoms with E-state index in [9.17, 15) is 0 Å². The Morgan fingerprint density at radius 3 is 2.80 bits per heavy atom. The van der Waals surface area contributed by atoms with Crippen LogP contribution in [0, 0.1) is 0 Å². The van der Waals surface area contributed by atoms with Gasteiger partial charge in [0.1, 0.15) is 0 Å². The second-order valence-corrected chi connectivity index (χ2v) is 4.50. The molecule has 0 radical (unpaired) electrons. The van der Waals surface area contributed by atoms with Crippen molar-refractivity contribution in [1.29, 1.82) is 0 Å². The summed E-state index contributed by atoms with van der Waals surface area (Å²) in [4.78, 5) is 2.23. The van der Waals surface area contributed by atoms with Gasteiger partial charge < -0.3 is 9.64 Å². The lowest BCUT2D eigenvalue weighted by molar-refractivity contribution is 0.134. The molecule has 0 unspecified atom stereocenters. The highest BCUT2D eigenvalue weighted by atomic mass is 16.5. The Morgan fingerprint density at radius 2 is 2.00 bits per heavy atom. The van der Waals surface area contributed by atoms with Crippen LogP contribution in [0.15, 0.2) is 18.2 Å². The van der Waals surface area contributed by atoms with Crippen LogP contribution in [0.3, 0.4) is 0 Å². The van der Waals surface area contributed by atoms with Crippen molar-refractivity contribution in [2.45, 2.75) is 26.1 Å². The summed E-state index contributed by atoms with van der Waals surface area (Å²) in [7, 11) is 4.24. The average molecular weight is 205 g/mol. The van der Waals surface area contributed by atoms with Crippen LogP contribution >= 0.6 is 0 Å². The van der Waals surface area contributed by atoms with Crippen molar-refractivity contribution in [2.75, 3.05) is 20.6 Å². The lowest BCUT2D eigenvalue weighted by Crippen LogP contribution is -2.13. The summed E-state index contributed by atoms with van der Waals surface area (Å²) < 4.78 is 5.40. The molecular formula is C13H19NO. The van der Waals surface area contributed by atoms with Crippen LogP contribution in [0.25, 0.3) is 0 Å². The average Bonchev–Trinajstić information content (AvgIpc) is 2.64. The first-order chi connectivity index (χ1) is 7.25. The van der Waals surface area contributed by atoms with E-state index in [1.54, 1.807) is 0 Å². The van der Waals surface area contributed by atoms with E-state index in [-0.39, 0.29) is 0 Å². The van der Waals surface area contributed by atoms with Crippen LogP contribution in [0.5, 0.6) is 0 Å². The van der Waals surface area contributed by atoms with Gasteiger partial charge in [0.15, 0.2) is 0 Å². The second-order valence-electron chi connectivity index (χ2n) is 4.50. The van der Waals surface area contributed by atoms with Gasteiger partial charge in [0.2, 0.25) is 0 Å². The van der Waals surface area contributed by atoms with E-state index in [2.05, 4.69) is 37.2 Å². The number of hydrogen-bond acceptors (Lipinski definition) is 2. The molecule has 82 valence electrons. The molecular weight excluding hydrogens is 186 g/mol. The van der Waals surface area contributed by atoms with E-state index in [0.717, 1.165) is 19.8 Å². The Morgan fingerprint density at radius 1 is 1.20 bits per heavy atom. The van der Waals surface area contributed by atoms with Gasteiger partial charge in [-0.15, -0.1) is 0 Å². The first kappa shape index (κ1) is 10.7. The monoisotopic (exact) mass is 205 g/mol. The van der Waals surface area contributed by atoms with Gasteiger partial charge in [-0.25, -0.2) is 0 Å². The van der Waals surface area contributed by atoms with Gasteiger partial charge in [-0.2, -0.15) is 0 Å². The normalized spacial score (nSPS) is 14.6. The quantitative estimate of drug-likeness (QED) is 0.747. The highest BCUT2D eigenvalue weighted by molar-refractivity contribution is 5.33. The molecule has 2 heteroatoms. The minimum Gasteiger partial charge on any atom is -0.372 e. The summed E-state index contributed by atoms with van der Waals surface area (Å²) in [6, 6.07) is 6.76. The highest BCUT2D eigenvalue weighted by Gasteiger charge is 2.10. The SMILES string of the molecule is CN(C)CCCc1ccc2c(c1)COC2. The van der Waals surface area contributed by atoms with Gasteiger partial charge in [0, 0.05) is 0 Å². The molecule has 1 aliphatic rings. The predicted octanol–water partition coefficient (Wildman–Crippen LogP) is 2.21. The molecule has 0 spiro atoms. The first-order valence-corrected chi connectivity index (χ1v) is 5.59. The molecule has 0 bridgehead atoms. The van der Waals surface area contributed by atoms with Crippen LogP contribution in [0.4, 0.5) is 0 Å². The van der Waals surface area contributed by atoms with Crippen LogP contribution < -0.4 is 0 Å². The summed E-state index contributed by atoms with van der Waals surface area (Å²) in [5.41, 5.74) is 4.20. The Kier molecular flexibility index (Phi) is 3.39. The van der Waals surface area contributed by atoms with Crippen LogP contribution in [-0.4, -0.2) is 25.5 Å². The largest absolute Gasteiger partial charge is 0.372 e. The van der Waals surface area contributed by atoms with E-state index in [1.165, 1.54) is 29.5 Å². The lowest BCUT2D eigenvalue weighted by Gasteiger charge is -2.09. The lowest BCUT2D eigenvalue weighted by atomic mass is 10.0. The van der Waals surface area contributed by atoms with Crippen LogP contribution in [0.1, 0.15) is 23.1 Å². The minimum absolute atomic E-state index is 0.799. The Labute approximate surface area is 91.9 Å². The van der Waals surface area contributed by atoms with E-state index in [4.69, 9.17) is 4.74 Å². The number of aryl methyl sites for hydroxylation is 1. The summed E-state index contributed by atoms with van der Waals surface area (Å²) >= 11 is 0. The minimum atomic E-state index is 0.799. The molecule has 2 nitrogen and oxygen atoms in total. The third-order valence-corrected chi connectivity index (χ3v) is 2.86. The summed E-state index contributed by atoms with van der Waals surface area (Å²) in [6.45, 7) is 2.76. The van der Waals surface area contributed by atoms with Gasteiger partial charge in [-0.05, 0) is 50.2 Å². The number of fused-ring (bicyclic) bond motifs is 1. The van der Waals surface area contributed by atoms with E-state index < -0.39 is 0 Å².